The fraction of sp³-hybridized carbons (Fsp3) is 0.100. The summed E-state index contributed by atoms with van der Waals surface area (Å²) >= 11 is 1.61. The lowest BCUT2D eigenvalue weighted by atomic mass is 10.1. The van der Waals surface area contributed by atoms with Gasteiger partial charge >= 0.3 is 0 Å². The first-order valence-electron chi connectivity index (χ1n) is 8.83. The van der Waals surface area contributed by atoms with Gasteiger partial charge in [0.15, 0.2) is 5.82 Å². The summed E-state index contributed by atoms with van der Waals surface area (Å²) in [5, 5.41) is 18.6. The molecule has 0 amide bonds. The van der Waals surface area contributed by atoms with Crippen molar-refractivity contribution in [2.24, 2.45) is 5.10 Å². The third-order valence-corrected chi connectivity index (χ3v) is 5.53. The first kappa shape index (κ1) is 16.8. The number of para-hydroxylation sites is 1. The Kier molecular flexibility index (Phi) is 3.98. The predicted molar refractivity (Wildman–Crippen MR) is 111 cm³/mol. The number of thioether (sulfide) groups is 1. The Hall–Kier alpha value is -3.39. The van der Waals surface area contributed by atoms with E-state index in [4.69, 9.17) is 10.8 Å². The molecule has 2 aromatic carbocycles. The van der Waals surface area contributed by atoms with E-state index in [-0.39, 0.29) is 0 Å². The second kappa shape index (κ2) is 6.65. The molecule has 0 unspecified atom stereocenters. The minimum Gasteiger partial charge on any atom is -0.383 e. The van der Waals surface area contributed by atoms with Crippen LogP contribution >= 0.6 is 11.8 Å². The molecule has 0 atom stereocenters. The Morgan fingerprint density at radius 1 is 1.00 bits per heavy atom. The van der Waals surface area contributed by atoms with Crippen LogP contribution in [0.1, 0.15) is 11.1 Å². The molecule has 138 valence electrons. The summed E-state index contributed by atoms with van der Waals surface area (Å²) in [6.45, 7) is 2.07. The van der Waals surface area contributed by atoms with E-state index in [9.17, 15) is 0 Å². The average molecular weight is 387 g/mol. The molecule has 0 aliphatic carbocycles. The Labute approximate surface area is 165 Å². The smallest absolute Gasteiger partial charge is 0.212 e. The van der Waals surface area contributed by atoms with Crippen molar-refractivity contribution in [2.75, 3.05) is 11.5 Å². The number of rotatable bonds is 3. The molecule has 2 aromatic heterocycles. The number of hydrogen-bond donors (Lipinski definition) is 1. The van der Waals surface area contributed by atoms with E-state index in [1.807, 2.05) is 30.3 Å². The van der Waals surface area contributed by atoms with Gasteiger partial charge in [0.1, 0.15) is 5.82 Å². The fourth-order valence-electron chi connectivity index (χ4n) is 3.09. The maximum absolute atomic E-state index is 6.39. The third-order valence-electron chi connectivity index (χ3n) is 4.60. The fourth-order valence-corrected chi connectivity index (χ4v) is 3.93. The molecular weight excluding hydrogens is 370 g/mol. The van der Waals surface area contributed by atoms with Crippen LogP contribution in [0.5, 0.6) is 0 Å². The van der Waals surface area contributed by atoms with Gasteiger partial charge in [-0.25, -0.2) is 4.68 Å². The SMILES string of the molecule is Cc1ccc(C2=Nn3c(nnc3-c3cnn(-c4ccccc4)c3N)SC2)cc1. The molecule has 1 aliphatic heterocycles. The minimum atomic E-state index is 0.504. The largest absolute Gasteiger partial charge is 0.383 e. The molecule has 0 fully saturated rings. The monoisotopic (exact) mass is 387 g/mol. The van der Waals surface area contributed by atoms with Crippen LogP contribution in [0.25, 0.3) is 17.1 Å². The van der Waals surface area contributed by atoms with Crippen LogP contribution in [0, 0.1) is 6.92 Å². The lowest BCUT2D eigenvalue weighted by Crippen LogP contribution is -2.14. The van der Waals surface area contributed by atoms with Crippen molar-refractivity contribution in [3.05, 3.63) is 71.9 Å². The highest BCUT2D eigenvalue weighted by atomic mass is 32.2. The van der Waals surface area contributed by atoms with Crippen molar-refractivity contribution in [2.45, 2.75) is 12.1 Å². The van der Waals surface area contributed by atoms with Crippen molar-refractivity contribution in [1.82, 2.24) is 24.7 Å². The van der Waals surface area contributed by atoms with Crippen LogP contribution in [0.15, 0.2) is 71.1 Å². The van der Waals surface area contributed by atoms with Gasteiger partial charge in [0.05, 0.1) is 23.2 Å². The number of nitrogen functional groups attached to an aromatic ring is 1. The normalized spacial score (nSPS) is 13.2. The van der Waals surface area contributed by atoms with Crippen molar-refractivity contribution < 1.29 is 0 Å². The van der Waals surface area contributed by atoms with Crippen LogP contribution in [0.3, 0.4) is 0 Å². The minimum absolute atomic E-state index is 0.504. The van der Waals surface area contributed by atoms with Gasteiger partial charge in [0.25, 0.3) is 0 Å². The van der Waals surface area contributed by atoms with Gasteiger partial charge in [-0.1, -0.05) is 59.8 Å². The number of hydrogen-bond acceptors (Lipinski definition) is 6. The number of anilines is 1. The molecule has 28 heavy (non-hydrogen) atoms. The maximum atomic E-state index is 6.39. The summed E-state index contributed by atoms with van der Waals surface area (Å²) in [5.74, 6) is 1.84. The van der Waals surface area contributed by atoms with E-state index < -0.39 is 0 Å². The average Bonchev–Trinajstić information content (AvgIpc) is 3.32. The molecule has 0 radical (unpaired) electrons. The molecule has 0 spiro atoms. The van der Waals surface area contributed by atoms with Gasteiger partial charge in [-0.3, -0.25) is 0 Å². The van der Waals surface area contributed by atoms with Crippen LogP contribution in [0.4, 0.5) is 5.82 Å². The highest BCUT2D eigenvalue weighted by molar-refractivity contribution is 7.99. The molecule has 1 aliphatic rings. The Morgan fingerprint density at radius 3 is 2.57 bits per heavy atom. The molecule has 0 saturated carbocycles. The van der Waals surface area contributed by atoms with Crippen LogP contribution in [0.2, 0.25) is 0 Å². The number of nitrogens with two attached hydrogens (primary N) is 1. The number of aromatic nitrogens is 5. The molecule has 4 aromatic rings. The zero-order chi connectivity index (χ0) is 19.1. The highest BCUT2D eigenvalue weighted by Gasteiger charge is 2.23. The van der Waals surface area contributed by atoms with Gasteiger partial charge in [0.2, 0.25) is 5.16 Å². The van der Waals surface area contributed by atoms with Crippen LogP contribution < -0.4 is 5.73 Å². The van der Waals surface area contributed by atoms with E-state index >= 15 is 0 Å². The Morgan fingerprint density at radius 2 is 1.79 bits per heavy atom. The molecule has 7 nitrogen and oxygen atoms in total. The van der Waals surface area contributed by atoms with E-state index in [1.54, 1.807) is 27.3 Å². The number of fused-ring (bicyclic) bond motifs is 1. The molecule has 5 rings (SSSR count). The van der Waals surface area contributed by atoms with Gasteiger partial charge in [-0.15, -0.1) is 10.2 Å². The van der Waals surface area contributed by atoms with Crippen molar-refractivity contribution >= 4 is 23.3 Å². The maximum Gasteiger partial charge on any atom is 0.212 e. The van der Waals surface area contributed by atoms with E-state index in [0.29, 0.717) is 17.2 Å². The molecule has 0 saturated heterocycles. The third kappa shape index (κ3) is 2.78. The quantitative estimate of drug-likeness (QED) is 0.582. The first-order valence-corrected chi connectivity index (χ1v) is 9.81. The molecule has 0 bridgehead atoms. The zero-order valence-corrected chi connectivity index (χ0v) is 16.0. The van der Waals surface area contributed by atoms with Crippen molar-refractivity contribution in [3.63, 3.8) is 0 Å². The standard InChI is InChI=1S/C20H17N7S/c1-13-7-9-14(10-8-13)17-12-28-20-24-23-19(27(20)25-17)16-11-22-26(18(16)21)15-5-3-2-4-6-15/h2-11H,12,21H2,1H3. The van der Waals surface area contributed by atoms with Gasteiger partial charge < -0.3 is 5.73 Å². The number of nitrogens with zero attached hydrogens (tertiary/aromatic N) is 6. The summed E-state index contributed by atoms with van der Waals surface area (Å²) in [7, 11) is 0. The second-order valence-electron chi connectivity index (χ2n) is 6.51. The predicted octanol–water partition coefficient (Wildman–Crippen LogP) is 3.38. The topological polar surface area (TPSA) is 86.9 Å². The molecule has 8 heteroatoms. The van der Waals surface area contributed by atoms with Gasteiger partial charge in [0, 0.05) is 5.75 Å². The summed E-state index contributed by atoms with van der Waals surface area (Å²) in [5.41, 5.74) is 11.3. The van der Waals surface area contributed by atoms with Crippen molar-refractivity contribution in [1.29, 1.82) is 0 Å². The zero-order valence-electron chi connectivity index (χ0n) is 15.1. The molecule has 2 N–H and O–H groups in total. The Balaban J connectivity index is 1.58. The summed E-state index contributed by atoms with van der Waals surface area (Å²) in [6, 6.07) is 18.1. The lowest BCUT2D eigenvalue weighted by Gasteiger charge is -2.14. The molecule has 3 heterocycles. The second-order valence-corrected chi connectivity index (χ2v) is 7.45. The van der Waals surface area contributed by atoms with Gasteiger partial charge in [-0.2, -0.15) is 14.9 Å². The first-order chi connectivity index (χ1) is 13.7. The lowest BCUT2D eigenvalue weighted by molar-refractivity contribution is 0.762. The van der Waals surface area contributed by atoms with Crippen LogP contribution in [-0.4, -0.2) is 36.1 Å². The Bertz CT molecular complexity index is 1170. The van der Waals surface area contributed by atoms with E-state index in [1.165, 1.54) is 5.56 Å². The highest BCUT2D eigenvalue weighted by Crippen LogP contribution is 2.31. The van der Waals surface area contributed by atoms with E-state index in [2.05, 4.69) is 46.5 Å². The van der Waals surface area contributed by atoms with E-state index in [0.717, 1.165) is 27.9 Å². The summed E-state index contributed by atoms with van der Waals surface area (Å²) in [4.78, 5) is 0. The van der Waals surface area contributed by atoms with Crippen molar-refractivity contribution in [3.8, 4) is 17.1 Å². The van der Waals surface area contributed by atoms with Crippen LogP contribution in [-0.2, 0) is 0 Å². The summed E-state index contributed by atoms with van der Waals surface area (Å²) in [6.07, 6.45) is 1.71. The summed E-state index contributed by atoms with van der Waals surface area (Å²) < 4.78 is 3.45. The number of aryl methyl sites for hydroxylation is 1. The van der Waals surface area contributed by atoms with Gasteiger partial charge in [-0.05, 0) is 24.6 Å². The molecular formula is C20H17N7S. The number of benzene rings is 2.